The number of hydrogen-bond donors (Lipinski definition) is 2. The van der Waals surface area contributed by atoms with Crippen LogP contribution in [0.5, 0.6) is 5.75 Å². The summed E-state index contributed by atoms with van der Waals surface area (Å²) >= 11 is 1.22. The molecular weight excluding hydrogens is 460 g/mol. The summed E-state index contributed by atoms with van der Waals surface area (Å²) in [5, 5.41) is 4.22. The number of aryl methyl sites for hydroxylation is 1. The van der Waals surface area contributed by atoms with Gasteiger partial charge in [0.25, 0.3) is 5.56 Å². The minimum absolute atomic E-state index is 0.0760. The number of aromatic nitrogens is 3. The Morgan fingerprint density at radius 1 is 1.06 bits per heavy atom. The van der Waals surface area contributed by atoms with Gasteiger partial charge in [0.15, 0.2) is 5.16 Å². The van der Waals surface area contributed by atoms with E-state index in [0.29, 0.717) is 39.9 Å². The van der Waals surface area contributed by atoms with Crippen LogP contribution in [0, 0.1) is 6.92 Å². The molecule has 7 nitrogen and oxygen atoms in total. The van der Waals surface area contributed by atoms with Crippen molar-refractivity contribution in [2.75, 3.05) is 17.7 Å². The molecule has 0 fully saturated rings. The van der Waals surface area contributed by atoms with E-state index in [1.165, 1.54) is 11.8 Å². The summed E-state index contributed by atoms with van der Waals surface area (Å²) in [6.07, 6.45) is 0. The Kier molecular flexibility index (Phi) is 6.29. The number of anilines is 1. The fraction of sp³-hybridized carbons (Fsp3) is 0.148. The molecule has 0 saturated carbocycles. The predicted molar refractivity (Wildman–Crippen MR) is 141 cm³/mol. The number of rotatable bonds is 7. The van der Waals surface area contributed by atoms with E-state index in [4.69, 9.17) is 9.72 Å². The summed E-state index contributed by atoms with van der Waals surface area (Å²) in [6, 6.07) is 22.7. The number of aromatic amines is 1. The highest BCUT2D eigenvalue weighted by molar-refractivity contribution is 7.99. The van der Waals surface area contributed by atoms with Crippen molar-refractivity contribution in [2.24, 2.45) is 0 Å². The molecule has 0 saturated heterocycles. The third-order valence-electron chi connectivity index (χ3n) is 5.58. The quantitative estimate of drug-likeness (QED) is 0.242. The third kappa shape index (κ3) is 4.52. The molecule has 176 valence electrons. The van der Waals surface area contributed by atoms with Crippen LogP contribution < -0.4 is 15.6 Å². The molecule has 5 aromatic rings. The molecule has 0 spiro atoms. The van der Waals surface area contributed by atoms with Crippen LogP contribution in [-0.4, -0.2) is 32.8 Å². The molecule has 5 rings (SSSR count). The Balaban J connectivity index is 1.52. The number of para-hydroxylation sites is 3. The molecule has 2 heterocycles. The lowest BCUT2D eigenvalue weighted by atomic mass is 10.2. The summed E-state index contributed by atoms with van der Waals surface area (Å²) in [5.74, 6) is 0.473. The van der Waals surface area contributed by atoms with Crippen LogP contribution in [0.4, 0.5) is 5.69 Å². The van der Waals surface area contributed by atoms with E-state index in [-0.39, 0.29) is 17.2 Å². The van der Waals surface area contributed by atoms with Crippen molar-refractivity contribution in [1.29, 1.82) is 0 Å². The van der Waals surface area contributed by atoms with Gasteiger partial charge in [-0.3, -0.25) is 14.2 Å². The van der Waals surface area contributed by atoms with Gasteiger partial charge < -0.3 is 15.0 Å². The van der Waals surface area contributed by atoms with Gasteiger partial charge in [0, 0.05) is 10.9 Å². The van der Waals surface area contributed by atoms with E-state index in [0.717, 1.165) is 16.5 Å². The molecule has 0 radical (unpaired) electrons. The van der Waals surface area contributed by atoms with Gasteiger partial charge in [-0.05, 0) is 44.2 Å². The fourth-order valence-electron chi connectivity index (χ4n) is 3.93. The number of carbonyl (C=O) groups is 1. The van der Waals surface area contributed by atoms with Crippen molar-refractivity contribution in [2.45, 2.75) is 19.0 Å². The number of carbonyl (C=O) groups excluding carboxylic acids is 1. The van der Waals surface area contributed by atoms with Crippen LogP contribution in [-0.2, 0) is 4.79 Å². The van der Waals surface area contributed by atoms with E-state index in [9.17, 15) is 9.59 Å². The molecule has 1 amide bonds. The van der Waals surface area contributed by atoms with Gasteiger partial charge in [-0.15, -0.1) is 0 Å². The van der Waals surface area contributed by atoms with Crippen LogP contribution in [0.25, 0.3) is 27.6 Å². The number of amides is 1. The van der Waals surface area contributed by atoms with Gasteiger partial charge in [0.2, 0.25) is 5.91 Å². The Morgan fingerprint density at radius 3 is 2.60 bits per heavy atom. The second-order valence-electron chi connectivity index (χ2n) is 8.03. The number of thioether (sulfide) groups is 1. The van der Waals surface area contributed by atoms with Crippen molar-refractivity contribution in [3.63, 3.8) is 0 Å². The van der Waals surface area contributed by atoms with Gasteiger partial charge in [-0.25, -0.2) is 4.98 Å². The molecule has 0 aliphatic rings. The van der Waals surface area contributed by atoms with Crippen molar-refractivity contribution in [3.8, 4) is 11.4 Å². The van der Waals surface area contributed by atoms with Crippen LogP contribution in [0.1, 0.15) is 12.5 Å². The lowest BCUT2D eigenvalue weighted by Crippen LogP contribution is -2.23. The summed E-state index contributed by atoms with van der Waals surface area (Å²) < 4.78 is 7.16. The van der Waals surface area contributed by atoms with E-state index in [1.807, 2.05) is 80.6 Å². The van der Waals surface area contributed by atoms with E-state index in [1.54, 1.807) is 10.6 Å². The standard InChI is InChI=1S/C27H24N4O3S/c1-3-34-22-11-7-6-10-21(22)28-23(32)16-35-27-30-24-19-8-4-5-9-20(19)29-25(24)26(33)31(27)18-14-12-17(2)13-15-18/h4-15,29H,3,16H2,1-2H3,(H,28,32). The predicted octanol–water partition coefficient (Wildman–Crippen LogP) is 5.30. The highest BCUT2D eigenvalue weighted by Crippen LogP contribution is 2.27. The SMILES string of the molecule is CCOc1ccccc1NC(=O)CSc1nc2c([nH]c3ccccc32)c(=O)n1-c1ccc(C)cc1. The molecule has 0 unspecified atom stereocenters. The highest BCUT2D eigenvalue weighted by Gasteiger charge is 2.18. The van der Waals surface area contributed by atoms with Gasteiger partial charge in [-0.1, -0.05) is 59.8 Å². The lowest BCUT2D eigenvalue weighted by Gasteiger charge is -2.13. The van der Waals surface area contributed by atoms with E-state index in [2.05, 4.69) is 10.3 Å². The zero-order chi connectivity index (χ0) is 24.4. The van der Waals surface area contributed by atoms with E-state index >= 15 is 0 Å². The molecule has 0 aliphatic carbocycles. The zero-order valence-corrected chi connectivity index (χ0v) is 20.2. The number of hydrogen-bond acceptors (Lipinski definition) is 5. The summed E-state index contributed by atoms with van der Waals surface area (Å²) in [4.78, 5) is 34.5. The first-order valence-electron chi connectivity index (χ1n) is 11.3. The molecule has 3 aromatic carbocycles. The second-order valence-corrected chi connectivity index (χ2v) is 8.97. The van der Waals surface area contributed by atoms with Crippen LogP contribution >= 0.6 is 11.8 Å². The summed E-state index contributed by atoms with van der Waals surface area (Å²) in [5.41, 5.74) is 4.05. The second kappa shape index (κ2) is 9.68. The molecule has 0 aliphatic heterocycles. The summed E-state index contributed by atoms with van der Waals surface area (Å²) in [6.45, 7) is 4.39. The zero-order valence-electron chi connectivity index (χ0n) is 19.4. The van der Waals surface area contributed by atoms with Crippen LogP contribution in [0.3, 0.4) is 0 Å². The molecule has 2 N–H and O–H groups in total. The summed E-state index contributed by atoms with van der Waals surface area (Å²) in [7, 11) is 0. The smallest absolute Gasteiger partial charge is 0.283 e. The molecular formula is C27H24N4O3S. The van der Waals surface area contributed by atoms with Crippen LogP contribution in [0.15, 0.2) is 82.7 Å². The number of benzene rings is 3. The Morgan fingerprint density at radius 2 is 1.80 bits per heavy atom. The maximum atomic E-state index is 13.6. The van der Waals surface area contributed by atoms with Crippen molar-refractivity contribution < 1.29 is 9.53 Å². The van der Waals surface area contributed by atoms with Crippen LogP contribution in [0.2, 0.25) is 0 Å². The Labute approximate surface area is 206 Å². The first-order chi connectivity index (χ1) is 17.0. The van der Waals surface area contributed by atoms with Crippen molar-refractivity contribution in [3.05, 3.63) is 88.7 Å². The molecule has 8 heteroatoms. The number of H-pyrrole nitrogens is 1. The van der Waals surface area contributed by atoms with Gasteiger partial charge in [-0.2, -0.15) is 0 Å². The molecule has 35 heavy (non-hydrogen) atoms. The fourth-order valence-corrected chi connectivity index (χ4v) is 4.73. The highest BCUT2D eigenvalue weighted by atomic mass is 32.2. The average Bonchev–Trinajstić information content (AvgIpc) is 3.24. The number of ether oxygens (including phenoxy) is 1. The van der Waals surface area contributed by atoms with Gasteiger partial charge in [0.05, 0.1) is 23.7 Å². The third-order valence-corrected chi connectivity index (χ3v) is 6.52. The monoisotopic (exact) mass is 484 g/mol. The number of nitrogens with one attached hydrogen (secondary N) is 2. The van der Waals surface area contributed by atoms with Gasteiger partial charge >= 0.3 is 0 Å². The molecule has 0 bridgehead atoms. The average molecular weight is 485 g/mol. The topological polar surface area (TPSA) is 89.0 Å². The lowest BCUT2D eigenvalue weighted by molar-refractivity contribution is -0.113. The normalized spacial score (nSPS) is 11.1. The first-order valence-corrected chi connectivity index (χ1v) is 12.3. The maximum absolute atomic E-state index is 13.6. The Bertz CT molecular complexity index is 1590. The Hall–Kier alpha value is -4.04. The maximum Gasteiger partial charge on any atom is 0.283 e. The molecule has 2 aromatic heterocycles. The largest absolute Gasteiger partial charge is 0.492 e. The first kappa shape index (κ1) is 22.7. The minimum atomic E-state index is -0.217. The van der Waals surface area contributed by atoms with Gasteiger partial charge in [0.1, 0.15) is 16.8 Å². The number of nitrogens with zero attached hydrogens (tertiary/aromatic N) is 2. The minimum Gasteiger partial charge on any atom is -0.492 e. The van der Waals surface area contributed by atoms with Crippen molar-refractivity contribution in [1.82, 2.24) is 14.5 Å². The molecule has 0 atom stereocenters. The van der Waals surface area contributed by atoms with Crippen molar-refractivity contribution >= 4 is 45.3 Å². The number of fused-ring (bicyclic) bond motifs is 3. The van der Waals surface area contributed by atoms with E-state index < -0.39 is 0 Å².